The van der Waals surface area contributed by atoms with Gasteiger partial charge in [-0.1, -0.05) is 12.1 Å². The third-order valence-electron chi connectivity index (χ3n) is 4.53. The minimum Gasteiger partial charge on any atom is -0.389 e. The van der Waals surface area contributed by atoms with Gasteiger partial charge >= 0.3 is 0 Å². The second-order valence-electron chi connectivity index (χ2n) is 6.96. The summed E-state index contributed by atoms with van der Waals surface area (Å²) in [5.74, 6) is 0.0206. The Hall–Kier alpha value is -1.50. The highest BCUT2D eigenvalue weighted by molar-refractivity contribution is 7.18. The number of fused-ring (bicyclic) bond motifs is 1. The van der Waals surface area contributed by atoms with E-state index in [4.69, 9.17) is 0 Å². The fourth-order valence-corrected chi connectivity index (χ4v) is 4.36. The number of hydrogen-bond donors (Lipinski definition) is 2. The number of aliphatic hydroxyl groups is 1. The molecule has 1 aliphatic rings. The number of hydrogen-bond acceptors (Lipinski definition) is 5. The van der Waals surface area contributed by atoms with Crippen molar-refractivity contribution in [3.05, 3.63) is 29.3 Å². The van der Waals surface area contributed by atoms with Crippen LogP contribution in [0.2, 0.25) is 0 Å². The maximum absolute atomic E-state index is 12.2. The number of para-hydroxylation sites is 1. The number of likely N-dealkylation sites (tertiary alicyclic amines) is 1. The van der Waals surface area contributed by atoms with E-state index in [2.05, 4.69) is 21.3 Å². The largest absolute Gasteiger partial charge is 0.389 e. The van der Waals surface area contributed by atoms with Crippen LogP contribution < -0.4 is 5.32 Å². The molecule has 1 aromatic carbocycles. The summed E-state index contributed by atoms with van der Waals surface area (Å²) in [5, 5.41) is 14.2. The van der Waals surface area contributed by atoms with E-state index < -0.39 is 5.60 Å². The molecule has 1 amide bonds. The highest BCUT2D eigenvalue weighted by Gasteiger charge is 2.36. The molecule has 1 aliphatic heterocycles. The number of rotatable bonds is 6. The lowest BCUT2D eigenvalue weighted by Crippen LogP contribution is -2.49. The Bertz CT molecular complexity index is 675. The van der Waals surface area contributed by atoms with E-state index in [1.165, 1.54) is 4.70 Å². The Morgan fingerprint density at radius 2 is 2.25 bits per heavy atom. The molecule has 1 aromatic heterocycles. The van der Waals surface area contributed by atoms with Crippen molar-refractivity contribution in [2.75, 3.05) is 19.6 Å². The first-order valence-corrected chi connectivity index (χ1v) is 9.33. The third kappa shape index (κ3) is 4.12. The molecule has 0 radical (unpaired) electrons. The third-order valence-corrected chi connectivity index (χ3v) is 5.62. The van der Waals surface area contributed by atoms with Gasteiger partial charge in [-0.05, 0) is 45.4 Å². The SMILES string of the molecule is CC(C)(O)C1CCCN1CC(=O)NCCc1nc2ccccc2s1. The summed E-state index contributed by atoms with van der Waals surface area (Å²) in [7, 11) is 0. The van der Waals surface area contributed by atoms with Crippen LogP contribution in [0.3, 0.4) is 0 Å². The standard InChI is InChI=1S/C18H25N3O2S/c1-18(2,23)15-8-5-11-21(15)12-16(22)19-10-9-17-20-13-6-3-4-7-14(13)24-17/h3-4,6-7,15,23H,5,8-12H2,1-2H3,(H,19,22). The number of carbonyl (C=O) groups excluding carboxylic acids is 1. The van der Waals surface area contributed by atoms with Gasteiger partial charge in [0.05, 0.1) is 27.4 Å². The summed E-state index contributed by atoms with van der Waals surface area (Å²) in [6.45, 7) is 5.47. The van der Waals surface area contributed by atoms with Crippen molar-refractivity contribution >= 4 is 27.5 Å². The molecule has 3 rings (SSSR count). The summed E-state index contributed by atoms with van der Waals surface area (Å²) in [5.41, 5.74) is 0.256. The van der Waals surface area contributed by atoms with Crippen LogP contribution in [0.5, 0.6) is 0 Å². The fraction of sp³-hybridized carbons (Fsp3) is 0.556. The van der Waals surface area contributed by atoms with Gasteiger partial charge in [0.2, 0.25) is 5.91 Å². The summed E-state index contributed by atoms with van der Waals surface area (Å²) in [6.07, 6.45) is 2.73. The Morgan fingerprint density at radius 3 is 3.00 bits per heavy atom. The number of benzene rings is 1. The summed E-state index contributed by atoms with van der Waals surface area (Å²) >= 11 is 1.68. The monoisotopic (exact) mass is 347 g/mol. The van der Waals surface area contributed by atoms with Gasteiger partial charge in [-0.2, -0.15) is 0 Å². The van der Waals surface area contributed by atoms with Gasteiger partial charge in [-0.25, -0.2) is 4.98 Å². The highest BCUT2D eigenvalue weighted by atomic mass is 32.1. The van der Waals surface area contributed by atoms with E-state index in [1.807, 2.05) is 32.0 Å². The first kappa shape index (κ1) is 17.3. The Kier molecular flexibility index (Phi) is 5.18. The van der Waals surface area contributed by atoms with Crippen LogP contribution in [0.25, 0.3) is 10.2 Å². The lowest BCUT2D eigenvalue weighted by Gasteiger charge is -2.33. The van der Waals surface area contributed by atoms with Crippen molar-refractivity contribution in [2.45, 2.75) is 44.8 Å². The minimum absolute atomic E-state index is 0.0206. The average molecular weight is 347 g/mol. The molecule has 5 nitrogen and oxygen atoms in total. The number of amides is 1. The van der Waals surface area contributed by atoms with E-state index in [0.29, 0.717) is 13.1 Å². The van der Waals surface area contributed by atoms with Crippen LogP contribution in [0.15, 0.2) is 24.3 Å². The first-order chi connectivity index (χ1) is 11.4. The Balaban J connectivity index is 1.47. The van der Waals surface area contributed by atoms with Gasteiger partial charge in [0.25, 0.3) is 0 Å². The zero-order valence-corrected chi connectivity index (χ0v) is 15.1. The quantitative estimate of drug-likeness (QED) is 0.841. The topological polar surface area (TPSA) is 65.5 Å². The number of thiazole rings is 1. The molecular weight excluding hydrogens is 322 g/mol. The first-order valence-electron chi connectivity index (χ1n) is 8.51. The number of nitrogens with one attached hydrogen (secondary N) is 1. The van der Waals surface area contributed by atoms with E-state index in [1.54, 1.807) is 11.3 Å². The Morgan fingerprint density at radius 1 is 1.46 bits per heavy atom. The van der Waals surface area contributed by atoms with Crippen LogP contribution in [-0.4, -0.2) is 52.2 Å². The van der Waals surface area contributed by atoms with E-state index in [9.17, 15) is 9.90 Å². The lowest BCUT2D eigenvalue weighted by atomic mass is 9.97. The van der Waals surface area contributed by atoms with Crippen molar-refractivity contribution in [3.63, 3.8) is 0 Å². The lowest BCUT2D eigenvalue weighted by molar-refractivity contribution is -0.123. The van der Waals surface area contributed by atoms with Crippen molar-refractivity contribution in [1.82, 2.24) is 15.2 Å². The van der Waals surface area contributed by atoms with Gasteiger partial charge in [0, 0.05) is 19.0 Å². The molecule has 0 spiro atoms. The maximum atomic E-state index is 12.2. The molecule has 1 atom stereocenters. The molecule has 0 bridgehead atoms. The van der Waals surface area contributed by atoms with Crippen LogP contribution in [0.1, 0.15) is 31.7 Å². The highest BCUT2D eigenvalue weighted by Crippen LogP contribution is 2.26. The molecule has 6 heteroatoms. The minimum atomic E-state index is -0.766. The molecule has 2 heterocycles. The molecule has 0 saturated carbocycles. The fourth-order valence-electron chi connectivity index (χ4n) is 3.39. The van der Waals surface area contributed by atoms with Gasteiger partial charge in [0.15, 0.2) is 0 Å². The molecule has 1 fully saturated rings. The molecule has 1 unspecified atom stereocenters. The second kappa shape index (κ2) is 7.17. The average Bonchev–Trinajstić information content (AvgIpc) is 3.12. The van der Waals surface area contributed by atoms with E-state index in [-0.39, 0.29) is 11.9 Å². The molecule has 24 heavy (non-hydrogen) atoms. The summed E-state index contributed by atoms with van der Waals surface area (Å²) in [6, 6.07) is 8.15. The van der Waals surface area contributed by atoms with Crippen molar-refractivity contribution in [3.8, 4) is 0 Å². The molecule has 2 aromatic rings. The smallest absolute Gasteiger partial charge is 0.234 e. The molecule has 0 aliphatic carbocycles. The summed E-state index contributed by atoms with van der Waals surface area (Å²) in [4.78, 5) is 18.9. The van der Waals surface area contributed by atoms with Gasteiger partial charge in [0.1, 0.15) is 0 Å². The normalized spacial score (nSPS) is 19.0. The number of nitrogens with zero attached hydrogens (tertiary/aromatic N) is 2. The van der Waals surface area contributed by atoms with Crippen molar-refractivity contribution in [2.24, 2.45) is 0 Å². The van der Waals surface area contributed by atoms with Gasteiger partial charge in [-0.3, -0.25) is 9.69 Å². The van der Waals surface area contributed by atoms with E-state index >= 15 is 0 Å². The maximum Gasteiger partial charge on any atom is 0.234 e. The zero-order valence-electron chi connectivity index (χ0n) is 14.3. The molecule has 1 saturated heterocycles. The predicted octanol–water partition coefficient (Wildman–Crippen LogP) is 2.19. The molecule has 130 valence electrons. The predicted molar refractivity (Wildman–Crippen MR) is 97.2 cm³/mol. The van der Waals surface area contributed by atoms with Crippen LogP contribution >= 0.6 is 11.3 Å². The molecule has 2 N–H and O–H groups in total. The van der Waals surface area contributed by atoms with Crippen LogP contribution in [-0.2, 0) is 11.2 Å². The Labute approximate surface area is 146 Å². The zero-order chi connectivity index (χ0) is 17.2. The second-order valence-corrected chi connectivity index (χ2v) is 8.07. The molecular formula is C18H25N3O2S. The number of carbonyl (C=O) groups is 1. The van der Waals surface area contributed by atoms with Crippen LogP contribution in [0, 0.1) is 0 Å². The van der Waals surface area contributed by atoms with Crippen molar-refractivity contribution in [1.29, 1.82) is 0 Å². The summed E-state index contributed by atoms with van der Waals surface area (Å²) < 4.78 is 1.18. The van der Waals surface area contributed by atoms with Crippen molar-refractivity contribution < 1.29 is 9.90 Å². The number of aromatic nitrogens is 1. The van der Waals surface area contributed by atoms with Crippen LogP contribution in [0.4, 0.5) is 0 Å². The van der Waals surface area contributed by atoms with Gasteiger partial charge in [-0.15, -0.1) is 11.3 Å². The van der Waals surface area contributed by atoms with Gasteiger partial charge < -0.3 is 10.4 Å². The van der Waals surface area contributed by atoms with E-state index in [0.717, 1.165) is 36.3 Å².